The number of aliphatic hydroxyl groups is 1. The quantitative estimate of drug-likeness (QED) is 0.103. The number of amides is 1. The molecule has 2 aromatic rings. The lowest BCUT2D eigenvalue weighted by molar-refractivity contribution is -0.202. The number of anilines is 2. The SMILES string of the molecule is C/C=C(/C)C(=O)O[C@H]1C(C)=C[C@]23C(=O)[C@H](C=C(COC(C)=O)[C@@H](OC(=O)c4ccccc4NC(=O)c4ccccc4N)[C@]12O)[C@H]1[C@@H](C[C@H]3C)C1(C)C. The number of benzene rings is 2. The lowest BCUT2D eigenvalue weighted by atomic mass is 9.59. The van der Waals surface area contributed by atoms with Crippen LogP contribution in [0.25, 0.3) is 0 Å². The van der Waals surface area contributed by atoms with Crippen LogP contribution in [-0.4, -0.2) is 59.1 Å². The van der Waals surface area contributed by atoms with Crippen molar-refractivity contribution in [3.05, 3.63) is 94.6 Å². The summed E-state index contributed by atoms with van der Waals surface area (Å²) in [6, 6.07) is 12.7. The summed E-state index contributed by atoms with van der Waals surface area (Å²) in [6.45, 7) is 11.9. The van der Waals surface area contributed by atoms with Gasteiger partial charge in [-0.3, -0.25) is 14.4 Å². The van der Waals surface area contributed by atoms with Gasteiger partial charge in [-0.25, -0.2) is 9.59 Å². The number of nitrogen functional groups attached to an aromatic ring is 1. The van der Waals surface area contributed by atoms with Crippen LogP contribution in [0, 0.1) is 34.5 Å². The zero-order valence-corrected chi connectivity index (χ0v) is 30.5. The molecular formula is C41H46N2O9. The van der Waals surface area contributed by atoms with Crippen molar-refractivity contribution < 1.29 is 43.3 Å². The van der Waals surface area contributed by atoms with Gasteiger partial charge in [-0.15, -0.1) is 0 Å². The number of Topliss-reactive ketones (excluding diaryl/α,β-unsaturated/α-hetero) is 1. The van der Waals surface area contributed by atoms with E-state index >= 15 is 4.79 Å². The molecule has 2 saturated carbocycles. The van der Waals surface area contributed by atoms with Crippen LogP contribution in [0.3, 0.4) is 0 Å². The number of fused-ring (bicyclic) bond motifs is 3. The number of nitrogens with two attached hydrogens (primary N) is 1. The van der Waals surface area contributed by atoms with Gasteiger partial charge in [-0.2, -0.15) is 0 Å². The van der Waals surface area contributed by atoms with Crippen LogP contribution in [-0.2, 0) is 28.6 Å². The molecule has 0 aromatic heterocycles. The molecule has 4 N–H and O–H groups in total. The summed E-state index contributed by atoms with van der Waals surface area (Å²) in [4.78, 5) is 68.5. The molecule has 0 saturated heterocycles. The first-order chi connectivity index (χ1) is 24.5. The predicted molar refractivity (Wildman–Crippen MR) is 193 cm³/mol. The summed E-state index contributed by atoms with van der Waals surface area (Å²) in [6.07, 6.45) is 2.50. The maximum atomic E-state index is 15.2. The Hall–Kier alpha value is -5.03. The first-order valence-corrected chi connectivity index (χ1v) is 17.6. The summed E-state index contributed by atoms with van der Waals surface area (Å²) in [5.74, 6) is -4.25. The summed E-state index contributed by atoms with van der Waals surface area (Å²) < 4.78 is 17.9. The zero-order chi connectivity index (χ0) is 37.9. The van der Waals surface area contributed by atoms with E-state index in [0.717, 1.165) is 0 Å². The van der Waals surface area contributed by atoms with Gasteiger partial charge in [0.05, 0.1) is 22.2 Å². The molecule has 4 aliphatic rings. The molecule has 274 valence electrons. The summed E-state index contributed by atoms with van der Waals surface area (Å²) in [5.41, 5.74) is 3.22. The Kier molecular flexibility index (Phi) is 9.32. The van der Waals surface area contributed by atoms with Gasteiger partial charge in [0.1, 0.15) is 6.61 Å². The van der Waals surface area contributed by atoms with E-state index in [2.05, 4.69) is 19.2 Å². The highest BCUT2D eigenvalue weighted by Gasteiger charge is 2.77. The van der Waals surface area contributed by atoms with Gasteiger partial charge in [0, 0.05) is 29.7 Å². The largest absolute Gasteiger partial charge is 0.461 e. The molecule has 0 radical (unpaired) electrons. The molecule has 1 amide bonds. The first kappa shape index (κ1) is 36.8. The van der Waals surface area contributed by atoms with Crippen molar-refractivity contribution in [2.24, 2.45) is 34.5 Å². The van der Waals surface area contributed by atoms with Gasteiger partial charge in [0.25, 0.3) is 5.91 Å². The molecule has 0 aliphatic heterocycles. The number of ether oxygens (including phenoxy) is 3. The maximum Gasteiger partial charge on any atom is 0.340 e. The standard InChI is InChI=1S/C41H46N2O9/c1-8-21(2)37(47)51-34-22(3)19-40-23(4)17-29-32(39(29,6)7)28(33(40)45)18-25(20-50-24(5)44)35(41(34,40)49)52-38(48)27-14-10-12-16-31(27)43-36(46)26-13-9-11-15-30(26)42/h8-16,18-19,23,28-29,32,34-35,49H,17,20,42H2,1-7H3,(H,43,46)/b21-8-/t23-,28-,29-,32+,34+,35-,40+,41-/m1/s1. The third-order valence-electron chi connectivity index (χ3n) is 11.9. The van der Waals surface area contributed by atoms with Crippen LogP contribution in [0.15, 0.2) is 83.5 Å². The molecule has 4 aliphatic carbocycles. The van der Waals surface area contributed by atoms with Crippen molar-refractivity contribution in [2.45, 2.75) is 72.7 Å². The molecule has 52 heavy (non-hydrogen) atoms. The zero-order valence-electron chi connectivity index (χ0n) is 30.5. The highest BCUT2D eigenvalue weighted by Crippen LogP contribution is 2.72. The van der Waals surface area contributed by atoms with E-state index in [-0.39, 0.29) is 56.7 Å². The minimum Gasteiger partial charge on any atom is -0.461 e. The highest BCUT2D eigenvalue weighted by atomic mass is 16.6. The molecule has 0 unspecified atom stereocenters. The molecule has 2 aromatic carbocycles. The van der Waals surface area contributed by atoms with E-state index in [0.29, 0.717) is 12.0 Å². The van der Waals surface area contributed by atoms with Gasteiger partial charge < -0.3 is 30.4 Å². The van der Waals surface area contributed by atoms with Gasteiger partial charge in [-0.1, -0.05) is 63.3 Å². The van der Waals surface area contributed by atoms with E-state index in [9.17, 15) is 24.3 Å². The van der Waals surface area contributed by atoms with Crippen LogP contribution in [0.1, 0.15) is 75.6 Å². The minimum absolute atomic E-state index is 0.0528. The van der Waals surface area contributed by atoms with E-state index in [1.54, 1.807) is 75.4 Å². The molecular weight excluding hydrogens is 664 g/mol. The Bertz CT molecular complexity index is 1960. The number of ketones is 1. The van der Waals surface area contributed by atoms with Crippen molar-refractivity contribution in [1.29, 1.82) is 0 Å². The van der Waals surface area contributed by atoms with Crippen molar-refractivity contribution >= 4 is 41.0 Å². The minimum atomic E-state index is -2.36. The first-order valence-electron chi connectivity index (χ1n) is 17.6. The number of nitrogens with one attached hydrogen (secondary N) is 1. The molecule has 11 nitrogen and oxygen atoms in total. The Balaban J connectivity index is 1.51. The second-order valence-electron chi connectivity index (χ2n) is 15.2. The molecule has 11 heteroatoms. The fourth-order valence-electron chi connectivity index (χ4n) is 9.06. The third-order valence-corrected chi connectivity index (χ3v) is 11.9. The Labute approximate surface area is 303 Å². The van der Waals surface area contributed by atoms with Crippen LogP contribution in [0.5, 0.6) is 0 Å². The second kappa shape index (κ2) is 13.2. The molecule has 1 spiro atoms. The molecule has 0 heterocycles. The number of hydrogen-bond acceptors (Lipinski definition) is 10. The molecule has 8 atom stereocenters. The molecule has 2 bridgehead atoms. The Morgan fingerprint density at radius 1 is 1.00 bits per heavy atom. The monoisotopic (exact) mass is 710 g/mol. The number of rotatable bonds is 8. The van der Waals surface area contributed by atoms with Gasteiger partial charge in [0.2, 0.25) is 0 Å². The average molecular weight is 711 g/mol. The second-order valence-corrected chi connectivity index (χ2v) is 15.2. The van der Waals surface area contributed by atoms with Crippen LogP contribution < -0.4 is 11.1 Å². The van der Waals surface area contributed by atoms with Crippen LogP contribution >= 0.6 is 0 Å². The number of esters is 3. The van der Waals surface area contributed by atoms with Crippen LogP contribution in [0.4, 0.5) is 11.4 Å². The van der Waals surface area contributed by atoms with E-state index in [1.807, 2.05) is 6.92 Å². The van der Waals surface area contributed by atoms with Crippen molar-refractivity contribution in [3.63, 3.8) is 0 Å². The fraction of sp³-hybridized carbons (Fsp3) is 0.439. The summed E-state index contributed by atoms with van der Waals surface area (Å²) in [5, 5.41) is 16.2. The normalized spacial score (nSPS) is 31.4. The predicted octanol–water partition coefficient (Wildman–Crippen LogP) is 5.60. The van der Waals surface area contributed by atoms with E-state index in [1.165, 1.54) is 19.1 Å². The van der Waals surface area contributed by atoms with Crippen molar-refractivity contribution in [3.8, 4) is 0 Å². The highest BCUT2D eigenvalue weighted by molar-refractivity contribution is 6.10. The molecule has 2 fully saturated rings. The Morgan fingerprint density at radius 2 is 1.65 bits per heavy atom. The number of carbonyl (C=O) groups excluding carboxylic acids is 5. The van der Waals surface area contributed by atoms with Crippen molar-refractivity contribution in [1.82, 2.24) is 0 Å². The van der Waals surface area contributed by atoms with Gasteiger partial charge >= 0.3 is 17.9 Å². The Morgan fingerprint density at radius 3 is 2.31 bits per heavy atom. The van der Waals surface area contributed by atoms with E-state index in [4.69, 9.17) is 19.9 Å². The number of para-hydroxylation sites is 2. The van der Waals surface area contributed by atoms with Crippen LogP contribution in [0.2, 0.25) is 0 Å². The lowest BCUT2D eigenvalue weighted by Crippen LogP contribution is -2.66. The number of hydrogen-bond donors (Lipinski definition) is 3. The van der Waals surface area contributed by atoms with E-state index < -0.39 is 65.5 Å². The van der Waals surface area contributed by atoms with Gasteiger partial charge in [-0.05, 0) is 80.2 Å². The fourth-order valence-corrected chi connectivity index (χ4v) is 9.06. The maximum absolute atomic E-state index is 15.2. The molecule has 6 rings (SSSR count). The van der Waals surface area contributed by atoms with Crippen molar-refractivity contribution in [2.75, 3.05) is 17.7 Å². The number of carbonyl (C=O) groups is 5. The average Bonchev–Trinajstić information content (AvgIpc) is 3.60. The third kappa shape index (κ3) is 5.66. The lowest BCUT2D eigenvalue weighted by Gasteiger charge is -2.49. The number of allylic oxidation sites excluding steroid dienone is 2. The summed E-state index contributed by atoms with van der Waals surface area (Å²) in [7, 11) is 0. The van der Waals surface area contributed by atoms with Gasteiger partial charge in [0.15, 0.2) is 23.6 Å². The summed E-state index contributed by atoms with van der Waals surface area (Å²) >= 11 is 0. The smallest absolute Gasteiger partial charge is 0.340 e. The topological polar surface area (TPSA) is 171 Å².